The number of hydrogen-bond donors (Lipinski definition) is 6. The Labute approximate surface area is 341 Å². The number of fused-ring (bicyclic) bond motifs is 5. The van der Waals surface area contributed by atoms with Gasteiger partial charge in [-0.1, -0.05) is 62.4 Å². The second-order valence-electron chi connectivity index (χ2n) is 17.6. The number of aliphatic hydroxyl groups excluding tert-OH is 4. The van der Waals surface area contributed by atoms with Gasteiger partial charge < -0.3 is 54.5 Å². The number of ketones is 1. The van der Waals surface area contributed by atoms with Crippen molar-refractivity contribution in [3.05, 3.63) is 82.9 Å². The lowest BCUT2D eigenvalue weighted by molar-refractivity contribution is -0.352. The second-order valence-corrected chi connectivity index (χ2v) is 17.6. The highest BCUT2D eigenvalue weighted by Crippen LogP contribution is 2.64. The van der Waals surface area contributed by atoms with Gasteiger partial charge in [0.2, 0.25) is 0 Å². The number of Topliss-reactive ketones (excluding diaryl/α,β-unsaturated/α-hetero) is 1. The van der Waals surface area contributed by atoms with Crippen molar-refractivity contribution in [1.82, 2.24) is 5.32 Å². The lowest BCUT2D eigenvalue weighted by Crippen LogP contribution is -2.83. The van der Waals surface area contributed by atoms with Crippen LogP contribution in [0.2, 0.25) is 0 Å². The number of alkyl carbamates (subject to hydrolysis) is 1. The molecule has 0 spiro atoms. The van der Waals surface area contributed by atoms with Crippen molar-refractivity contribution in [1.29, 1.82) is 0 Å². The van der Waals surface area contributed by atoms with Gasteiger partial charge in [0.05, 0.1) is 35.6 Å². The third-order valence-electron chi connectivity index (χ3n) is 12.6. The van der Waals surface area contributed by atoms with Crippen molar-refractivity contribution in [3.8, 4) is 0 Å². The molecule has 3 fully saturated rings. The Balaban J connectivity index is 1.56. The average Bonchev–Trinajstić information content (AvgIpc) is 3.16. The number of hydrogen-bond acceptors (Lipinski definition) is 15. The maximum Gasteiger partial charge on any atom is 0.408 e. The minimum atomic E-state index is -2.88. The second kappa shape index (κ2) is 15.4. The summed E-state index contributed by atoms with van der Waals surface area (Å²) in [7, 11) is 0. The van der Waals surface area contributed by atoms with E-state index in [4.69, 9.17) is 23.7 Å². The van der Waals surface area contributed by atoms with Gasteiger partial charge in [0.15, 0.2) is 29.2 Å². The van der Waals surface area contributed by atoms with Gasteiger partial charge in [0.25, 0.3) is 0 Å². The molecule has 6 N–H and O–H groups in total. The highest BCUT2D eigenvalue weighted by atomic mass is 16.6. The number of ether oxygens (including phenoxy) is 5. The molecule has 2 aromatic carbocycles. The molecule has 4 aliphatic rings. The summed E-state index contributed by atoms with van der Waals surface area (Å²) >= 11 is 0. The Kier molecular flexibility index (Phi) is 11.4. The molecule has 16 nitrogen and oxygen atoms in total. The molecule has 0 radical (unpaired) electrons. The van der Waals surface area contributed by atoms with E-state index in [2.05, 4.69) is 5.32 Å². The van der Waals surface area contributed by atoms with Crippen molar-refractivity contribution in [3.63, 3.8) is 0 Å². The van der Waals surface area contributed by atoms with E-state index in [1.807, 2.05) is 0 Å². The molecule has 2 bridgehead atoms. The molecular weight excluding hydrogens is 770 g/mol. The number of esters is 3. The Bertz CT molecular complexity index is 2010. The molecule has 3 aliphatic carbocycles. The Hall–Kier alpha value is -4.71. The lowest BCUT2D eigenvalue weighted by atomic mass is 9.44. The summed E-state index contributed by atoms with van der Waals surface area (Å²) < 4.78 is 29.4. The lowest BCUT2D eigenvalue weighted by Gasteiger charge is -2.68. The van der Waals surface area contributed by atoms with Gasteiger partial charge in [-0.2, -0.15) is 0 Å². The molecule has 6 rings (SSSR count). The first-order valence-corrected chi connectivity index (χ1v) is 19.5. The fourth-order valence-electron chi connectivity index (χ4n) is 9.69. The zero-order valence-electron chi connectivity index (χ0n) is 34.2. The highest BCUT2D eigenvalue weighted by Gasteiger charge is 2.79. The summed E-state index contributed by atoms with van der Waals surface area (Å²) in [5.74, 6) is -6.07. The summed E-state index contributed by atoms with van der Waals surface area (Å²) in [6.45, 7) is 11.0. The van der Waals surface area contributed by atoms with Gasteiger partial charge in [-0.3, -0.25) is 9.59 Å². The molecule has 1 aliphatic heterocycles. The molecule has 59 heavy (non-hydrogen) atoms. The topological polar surface area (TPSA) is 245 Å². The predicted molar refractivity (Wildman–Crippen MR) is 205 cm³/mol. The molecular formula is C43H53NO15. The van der Waals surface area contributed by atoms with Crippen LogP contribution in [-0.2, 0) is 38.1 Å². The van der Waals surface area contributed by atoms with Crippen LogP contribution >= 0.6 is 0 Å². The van der Waals surface area contributed by atoms with Crippen LogP contribution in [0, 0.1) is 16.7 Å². The van der Waals surface area contributed by atoms with Gasteiger partial charge in [0, 0.05) is 18.8 Å². The Morgan fingerprint density at radius 2 is 1.51 bits per heavy atom. The van der Waals surface area contributed by atoms with E-state index in [1.54, 1.807) is 57.2 Å². The van der Waals surface area contributed by atoms with Crippen molar-refractivity contribution >= 4 is 29.8 Å². The summed E-state index contributed by atoms with van der Waals surface area (Å²) in [5, 5.41) is 64.1. The van der Waals surface area contributed by atoms with Crippen LogP contribution in [0.3, 0.4) is 0 Å². The average molecular weight is 824 g/mol. The summed E-state index contributed by atoms with van der Waals surface area (Å²) in [5.41, 5.74) is -9.93. The quantitative estimate of drug-likeness (QED) is 0.127. The predicted octanol–water partition coefficient (Wildman–Crippen LogP) is 2.23. The van der Waals surface area contributed by atoms with Crippen LogP contribution in [-0.4, -0.2) is 121 Å². The van der Waals surface area contributed by atoms with Crippen LogP contribution in [0.4, 0.5) is 4.79 Å². The van der Waals surface area contributed by atoms with E-state index in [1.165, 1.54) is 52.0 Å². The van der Waals surface area contributed by atoms with E-state index in [-0.39, 0.29) is 28.7 Å². The first-order valence-electron chi connectivity index (χ1n) is 19.5. The first-order chi connectivity index (χ1) is 27.4. The van der Waals surface area contributed by atoms with Gasteiger partial charge in [-0.05, 0) is 63.5 Å². The van der Waals surface area contributed by atoms with Gasteiger partial charge in [0.1, 0.15) is 30.0 Å². The maximum absolute atomic E-state index is 14.9. The molecule has 1 heterocycles. The van der Waals surface area contributed by atoms with E-state index in [0.29, 0.717) is 0 Å². The van der Waals surface area contributed by atoms with Crippen molar-refractivity contribution in [2.75, 3.05) is 6.61 Å². The summed E-state index contributed by atoms with van der Waals surface area (Å²) in [4.78, 5) is 69.4. The van der Waals surface area contributed by atoms with Crippen molar-refractivity contribution < 1.29 is 73.2 Å². The monoisotopic (exact) mass is 823 g/mol. The Morgan fingerprint density at radius 3 is 2.05 bits per heavy atom. The molecule has 2 aromatic rings. The smallest absolute Gasteiger partial charge is 0.408 e. The van der Waals surface area contributed by atoms with Crippen molar-refractivity contribution in [2.24, 2.45) is 16.7 Å². The van der Waals surface area contributed by atoms with E-state index >= 15 is 0 Å². The first kappa shape index (κ1) is 43.9. The van der Waals surface area contributed by atoms with E-state index in [9.17, 15) is 49.5 Å². The van der Waals surface area contributed by atoms with Gasteiger partial charge in [-0.25, -0.2) is 14.4 Å². The minimum Gasteiger partial charge on any atom is -0.455 e. The van der Waals surface area contributed by atoms with Crippen LogP contribution in [0.15, 0.2) is 71.8 Å². The third kappa shape index (κ3) is 7.12. The fraction of sp³-hybridized carbons (Fsp3) is 0.558. The zero-order chi connectivity index (χ0) is 43.6. The SMILES string of the molecule is CC(=O)O[C@@]12CO[C@@H]1C[C@H](O)[C@@]1(C)C(=O)[C@H](O)C3=C(C)[C@@H](O)[C@H](OC(=O)[C@@H](O)C(NC(=O)OC(C)(C)C)c4ccccc4)[C@@](O)([C@@H](OC(=O)c4ccccc4)C12)C3(C)C. The summed E-state index contributed by atoms with van der Waals surface area (Å²) in [6.07, 6.45) is -14.7. The van der Waals surface area contributed by atoms with Gasteiger partial charge >= 0.3 is 24.0 Å². The maximum atomic E-state index is 14.9. The van der Waals surface area contributed by atoms with Crippen LogP contribution in [0.1, 0.15) is 83.8 Å². The fourth-order valence-corrected chi connectivity index (χ4v) is 9.69. The molecule has 2 unspecified atom stereocenters. The molecule has 12 atom stereocenters. The van der Waals surface area contributed by atoms with Crippen LogP contribution in [0.25, 0.3) is 0 Å². The molecule has 1 saturated heterocycles. The normalized spacial score (nSPS) is 34.6. The number of amides is 1. The van der Waals surface area contributed by atoms with Crippen LogP contribution < -0.4 is 5.32 Å². The number of rotatable bonds is 8. The van der Waals surface area contributed by atoms with E-state index < -0.39 is 119 Å². The van der Waals surface area contributed by atoms with Gasteiger partial charge in [-0.15, -0.1) is 0 Å². The third-order valence-corrected chi connectivity index (χ3v) is 12.6. The number of nitrogens with one attached hydrogen (secondary N) is 1. The van der Waals surface area contributed by atoms with Crippen LogP contribution in [0.5, 0.6) is 0 Å². The van der Waals surface area contributed by atoms with Crippen molar-refractivity contribution in [2.45, 2.75) is 127 Å². The number of aliphatic hydroxyl groups is 5. The summed E-state index contributed by atoms with van der Waals surface area (Å²) in [6, 6.07) is 14.0. The minimum absolute atomic E-state index is 0.0190. The molecule has 320 valence electrons. The van der Waals surface area contributed by atoms with E-state index in [0.717, 1.165) is 6.92 Å². The molecule has 2 saturated carbocycles. The molecule has 0 aromatic heterocycles. The largest absolute Gasteiger partial charge is 0.455 e. The highest BCUT2D eigenvalue weighted by molar-refractivity contribution is 5.94. The number of carbonyl (C=O) groups excluding carboxylic acids is 5. The molecule has 1 amide bonds. The molecule has 16 heteroatoms. The standard InChI is InChI=1S/C43H53NO15/c1-21-27-30(48)33(50)41(8)25(46)19-26-42(20-55-26,58-22(2)45)32(41)35(57-36(51)24-17-13-10-14-18-24)43(54,40(27,6)7)34(29(21)47)56-37(52)31(49)28(23-15-11-9-12-16-23)44-38(53)59-39(3,4)5/h9-18,25-26,28-32,34-35,46-49,54H,19-20H2,1-8H3,(H,44,53)/t25-,26+,28?,29+,30+,31-,32?,34-,35-,41+,42-,43+/m0/s1. The number of benzene rings is 2. The Morgan fingerprint density at radius 1 is 0.915 bits per heavy atom. The zero-order valence-corrected chi connectivity index (χ0v) is 34.2. The number of carbonyl (C=O) groups is 5.